The van der Waals surface area contributed by atoms with E-state index in [9.17, 15) is 4.79 Å². The Bertz CT molecular complexity index is 1160. The molecule has 2 aromatic heterocycles. The summed E-state index contributed by atoms with van der Waals surface area (Å²) >= 11 is 1.60. The van der Waals surface area contributed by atoms with Crippen molar-refractivity contribution >= 4 is 28.2 Å². The van der Waals surface area contributed by atoms with E-state index >= 15 is 0 Å². The summed E-state index contributed by atoms with van der Waals surface area (Å²) in [5.41, 5.74) is 3.81. The Labute approximate surface area is 167 Å². The molecule has 4 rings (SSSR count). The van der Waals surface area contributed by atoms with Gasteiger partial charge in [-0.25, -0.2) is 4.98 Å². The van der Waals surface area contributed by atoms with Gasteiger partial charge in [-0.3, -0.25) is 4.79 Å². The first-order valence-corrected chi connectivity index (χ1v) is 9.75. The molecule has 2 aromatic carbocycles. The maximum Gasteiger partial charge on any atom is 0.287 e. The second kappa shape index (κ2) is 7.48. The minimum absolute atomic E-state index is 0.261. The number of para-hydroxylation sites is 1. The molecule has 142 valence electrons. The monoisotopic (exact) mass is 392 g/mol. The molecule has 4 aromatic rings. The molecule has 6 heteroatoms. The normalized spacial score (nSPS) is 11.0. The van der Waals surface area contributed by atoms with Crippen LogP contribution in [0.25, 0.3) is 21.5 Å². The quantitative estimate of drug-likeness (QED) is 0.512. The van der Waals surface area contributed by atoms with Gasteiger partial charge >= 0.3 is 0 Å². The highest BCUT2D eigenvalue weighted by Crippen LogP contribution is 2.31. The van der Waals surface area contributed by atoms with E-state index < -0.39 is 0 Å². The fourth-order valence-electron chi connectivity index (χ4n) is 3.08. The summed E-state index contributed by atoms with van der Waals surface area (Å²) in [5.74, 6) is 0.613. The second-order valence-electron chi connectivity index (χ2n) is 6.51. The minimum atomic E-state index is -0.261. The molecular formula is C22H20N2O3S. The van der Waals surface area contributed by atoms with Gasteiger partial charge in [0.1, 0.15) is 5.01 Å². The third-order valence-corrected chi connectivity index (χ3v) is 5.82. The van der Waals surface area contributed by atoms with E-state index in [0.717, 1.165) is 26.5 Å². The highest BCUT2D eigenvalue weighted by Gasteiger charge is 2.16. The fraction of sp³-hybridized carbons (Fsp3) is 0.182. The van der Waals surface area contributed by atoms with Crippen molar-refractivity contribution in [2.45, 2.75) is 20.4 Å². The van der Waals surface area contributed by atoms with Crippen molar-refractivity contribution in [3.8, 4) is 16.3 Å². The number of nitrogens with zero attached hydrogens (tertiary/aromatic N) is 1. The number of hydrogen-bond acceptors (Lipinski definition) is 5. The van der Waals surface area contributed by atoms with Gasteiger partial charge < -0.3 is 14.5 Å². The van der Waals surface area contributed by atoms with Crippen molar-refractivity contribution in [3.63, 3.8) is 0 Å². The van der Waals surface area contributed by atoms with Crippen LogP contribution in [0.15, 0.2) is 52.9 Å². The lowest BCUT2D eigenvalue weighted by atomic mass is 10.1. The predicted molar refractivity (Wildman–Crippen MR) is 111 cm³/mol. The number of methoxy groups -OCH3 is 1. The molecule has 1 amide bonds. The van der Waals surface area contributed by atoms with Gasteiger partial charge in [0.05, 0.1) is 19.3 Å². The Morgan fingerprint density at radius 2 is 2.00 bits per heavy atom. The van der Waals surface area contributed by atoms with Crippen LogP contribution in [0.5, 0.6) is 5.75 Å². The molecule has 0 bridgehead atoms. The predicted octanol–water partition coefficient (Wildman–Crippen LogP) is 5.11. The third kappa shape index (κ3) is 3.39. The van der Waals surface area contributed by atoms with Crippen LogP contribution in [0.4, 0.5) is 0 Å². The number of carbonyl (C=O) groups excluding carboxylic acids is 1. The Balaban J connectivity index is 1.52. The van der Waals surface area contributed by atoms with Crippen molar-refractivity contribution in [2.24, 2.45) is 0 Å². The van der Waals surface area contributed by atoms with Crippen molar-refractivity contribution < 1.29 is 13.9 Å². The topological polar surface area (TPSA) is 64.4 Å². The van der Waals surface area contributed by atoms with Crippen LogP contribution >= 0.6 is 11.3 Å². The van der Waals surface area contributed by atoms with Crippen LogP contribution in [0, 0.1) is 13.8 Å². The van der Waals surface area contributed by atoms with Gasteiger partial charge in [-0.05, 0) is 31.5 Å². The van der Waals surface area contributed by atoms with E-state index in [-0.39, 0.29) is 11.7 Å². The van der Waals surface area contributed by atoms with E-state index in [2.05, 4.69) is 29.4 Å². The number of benzene rings is 2. The van der Waals surface area contributed by atoms with Gasteiger partial charge in [0, 0.05) is 15.8 Å². The molecule has 0 spiro atoms. The molecule has 5 nitrogen and oxygen atoms in total. The van der Waals surface area contributed by atoms with Gasteiger partial charge in [-0.15, -0.1) is 11.3 Å². The zero-order valence-electron chi connectivity index (χ0n) is 15.9. The van der Waals surface area contributed by atoms with Crippen molar-refractivity contribution in [2.75, 3.05) is 7.11 Å². The van der Waals surface area contributed by atoms with Crippen molar-refractivity contribution in [1.29, 1.82) is 0 Å². The maximum atomic E-state index is 12.6. The molecule has 1 N–H and O–H groups in total. The Hall–Kier alpha value is -3.12. The van der Waals surface area contributed by atoms with Gasteiger partial charge in [0.15, 0.2) is 17.1 Å². The Morgan fingerprint density at radius 3 is 2.79 bits per heavy atom. The number of nitrogens with one attached hydrogen (secondary N) is 1. The molecule has 0 aliphatic rings. The lowest BCUT2D eigenvalue weighted by molar-refractivity contribution is 0.0925. The van der Waals surface area contributed by atoms with E-state index in [0.29, 0.717) is 17.9 Å². The first-order chi connectivity index (χ1) is 13.6. The molecule has 0 fully saturated rings. The summed E-state index contributed by atoms with van der Waals surface area (Å²) in [6, 6.07) is 15.5. The molecule has 28 heavy (non-hydrogen) atoms. The fourth-order valence-corrected chi connectivity index (χ4v) is 4.17. The average molecular weight is 392 g/mol. The number of aromatic nitrogens is 1. The summed E-state index contributed by atoms with van der Waals surface area (Å²) in [5, 5.41) is 4.73. The number of fused-ring (bicyclic) bond motifs is 1. The number of rotatable bonds is 5. The van der Waals surface area contributed by atoms with Crippen LogP contribution < -0.4 is 10.1 Å². The summed E-state index contributed by atoms with van der Waals surface area (Å²) in [6.45, 7) is 4.44. The number of thiazole rings is 1. The van der Waals surface area contributed by atoms with Crippen LogP contribution in [0.2, 0.25) is 0 Å². The molecule has 0 saturated carbocycles. The van der Waals surface area contributed by atoms with Crippen LogP contribution in [0.1, 0.15) is 26.7 Å². The molecular weight excluding hydrogens is 372 g/mol. The number of furan rings is 1. The number of ether oxygens (including phenoxy) is 1. The summed E-state index contributed by atoms with van der Waals surface area (Å²) in [4.78, 5) is 18.3. The number of aryl methyl sites for hydroxylation is 2. The Morgan fingerprint density at radius 1 is 1.18 bits per heavy atom. The SMILES string of the molecule is COc1cccc2cc(C(=O)NCc3sc(-c4ccccc4C)nc3C)oc12. The summed E-state index contributed by atoms with van der Waals surface area (Å²) in [6.07, 6.45) is 0. The molecule has 0 atom stereocenters. The first kappa shape index (κ1) is 18.3. The standard InChI is InChI=1S/C22H20N2O3S/c1-13-7-4-5-9-16(13)22-24-14(2)19(28-22)12-23-21(25)18-11-15-8-6-10-17(26-3)20(15)27-18/h4-11H,12H2,1-3H3,(H,23,25). The lowest BCUT2D eigenvalue weighted by Crippen LogP contribution is -2.22. The van der Waals surface area contributed by atoms with E-state index in [1.807, 2.05) is 31.2 Å². The summed E-state index contributed by atoms with van der Waals surface area (Å²) in [7, 11) is 1.58. The zero-order valence-corrected chi connectivity index (χ0v) is 16.7. The van der Waals surface area contributed by atoms with Gasteiger partial charge in [0.2, 0.25) is 0 Å². The average Bonchev–Trinajstić information content (AvgIpc) is 3.30. The van der Waals surface area contributed by atoms with Crippen LogP contribution in [0.3, 0.4) is 0 Å². The number of carbonyl (C=O) groups is 1. The first-order valence-electron chi connectivity index (χ1n) is 8.94. The van der Waals surface area contributed by atoms with Gasteiger partial charge in [-0.1, -0.05) is 36.4 Å². The summed E-state index contributed by atoms with van der Waals surface area (Å²) < 4.78 is 11.0. The maximum absolute atomic E-state index is 12.6. The van der Waals surface area contributed by atoms with Gasteiger partial charge in [0.25, 0.3) is 5.91 Å². The van der Waals surface area contributed by atoms with E-state index in [1.165, 1.54) is 5.56 Å². The minimum Gasteiger partial charge on any atom is -0.493 e. The van der Waals surface area contributed by atoms with E-state index in [4.69, 9.17) is 9.15 Å². The largest absolute Gasteiger partial charge is 0.493 e. The number of hydrogen-bond donors (Lipinski definition) is 1. The van der Waals surface area contributed by atoms with Crippen LogP contribution in [-0.4, -0.2) is 18.0 Å². The molecule has 0 saturated heterocycles. The van der Waals surface area contributed by atoms with Crippen molar-refractivity contribution in [1.82, 2.24) is 10.3 Å². The van der Waals surface area contributed by atoms with E-state index in [1.54, 1.807) is 30.6 Å². The third-order valence-electron chi connectivity index (χ3n) is 4.63. The highest BCUT2D eigenvalue weighted by molar-refractivity contribution is 7.15. The molecule has 0 aliphatic heterocycles. The highest BCUT2D eigenvalue weighted by atomic mass is 32.1. The second-order valence-corrected chi connectivity index (χ2v) is 7.60. The zero-order chi connectivity index (χ0) is 19.7. The molecule has 0 unspecified atom stereocenters. The van der Waals surface area contributed by atoms with Crippen molar-refractivity contribution in [3.05, 3.63) is 70.4 Å². The molecule has 2 heterocycles. The molecule has 0 aliphatic carbocycles. The smallest absolute Gasteiger partial charge is 0.287 e. The number of amides is 1. The van der Waals surface area contributed by atoms with Crippen LogP contribution in [-0.2, 0) is 6.54 Å². The van der Waals surface area contributed by atoms with Gasteiger partial charge in [-0.2, -0.15) is 0 Å². The molecule has 0 radical (unpaired) electrons. The Kier molecular flexibility index (Phi) is 4.88. The lowest BCUT2D eigenvalue weighted by Gasteiger charge is -2.02.